The molecule has 7 amide bonds. The molecule has 0 heterocycles. The van der Waals surface area contributed by atoms with Crippen LogP contribution in [0.15, 0.2) is 30.3 Å². The number of carbonyl (C=O) groups is 7. The molecule has 0 aliphatic carbocycles. The molecule has 48 heavy (non-hydrogen) atoms. The molecule has 0 aliphatic rings. The third kappa shape index (κ3) is 16.3. The molecule has 0 aliphatic heterocycles. The molecule has 1 aromatic carbocycles. The van der Waals surface area contributed by atoms with Gasteiger partial charge in [0.1, 0.15) is 30.2 Å². The second-order valence-corrected chi connectivity index (χ2v) is 12.5. The average Bonchev–Trinajstić information content (AvgIpc) is 3.05. The standard InChI is InChI=1S/C31H49IN8O8/c1-18(2)14-23(39-30(46)22(12-8-9-13-33)38-27(43)19(3)35-25(41)16-32)29(45)34-17-26(42)37-24(15-21-10-6-5-7-11-21)31(47)36-20(4)28(44)40-48/h5-7,10-11,18-20,22-24,48H,8-9,12-17,33H2,1-4H3,(H,34,45)(H,35,41)(H,36,47)(H,37,42)(H,38,43)(H,39,46)(H,40,44)/t19-,20-,22?,23-,24-/m0/s1. The predicted molar refractivity (Wildman–Crippen MR) is 185 cm³/mol. The van der Waals surface area contributed by atoms with E-state index < -0.39 is 72.2 Å². The molecule has 1 rings (SSSR count). The van der Waals surface area contributed by atoms with E-state index in [4.69, 9.17) is 10.9 Å². The Hall–Kier alpha value is -3.84. The smallest absolute Gasteiger partial charge is 0.265 e. The van der Waals surface area contributed by atoms with Crippen molar-refractivity contribution in [3.05, 3.63) is 35.9 Å². The van der Waals surface area contributed by atoms with E-state index >= 15 is 0 Å². The highest BCUT2D eigenvalue weighted by atomic mass is 127. The lowest BCUT2D eigenvalue weighted by Crippen LogP contribution is -2.57. The molecule has 1 unspecified atom stereocenters. The van der Waals surface area contributed by atoms with E-state index in [0.717, 1.165) is 5.56 Å². The van der Waals surface area contributed by atoms with Crippen molar-refractivity contribution in [1.29, 1.82) is 0 Å². The highest BCUT2D eigenvalue weighted by Crippen LogP contribution is 2.08. The summed E-state index contributed by atoms with van der Waals surface area (Å²) >= 11 is 1.87. The minimum absolute atomic E-state index is 0.0410. The number of alkyl halides is 1. The molecule has 17 heteroatoms. The largest absolute Gasteiger partial charge is 0.345 e. The lowest BCUT2D eigenvalue weighted by molar-refractivity contribution is -0.135. The average molecular weight is 789 g/mol. The molecule has 1 aromatic rings. The topological polar surface area (TPSA) is 250 Å². The van der Waals surface area contributed by atoms with E-state index in [0.29, 0.717) is 19.4 Å². The third-order valence-corrected chi connectivity index (χ3v) is 7.72. The number of carbonyl (C=O) groups excluding carboxylic acids is 7. The minimum atomic E-state index is -1.13. The van der Waals surface area contributed by atoms with E-state index in [9.17, 15) is 33.6 Å². The highest BCUT2D eigenvalue weighted by molar-refractivity contribution is 14.1. The first kappa shape index (κ1) is 42.2. The number of benzene rings is 1. The maximum absolute atomic E-state index is 13.4. The Morgan fingerprint density at radius 3 is 1.90 bits per heavy atom. The van der Waals surface area contributed by atoms with Crippen LogP contribution >= 0.6 is 22.6 Å². The number of hydrogen-bond acceptors (Lipinski definition) is 9. The van der Waals surface area contributed by atoms with Gasteiger partial charge in [-0.15, -0.1) is 0 Å². The van der Waals surface area contributed by atoms with Gasteiger partial charge in [0.15, 0.2) is 0 Å². The fraction of sp³-hybridized carbons (Fsp3) is 0.581. The van der Waals surface area contributed by atoms with Crippen LogP contribution in [0.25, 0.3) is 0 Å². The Bertz CT molecular complexity index is 1240. The van der Waals surface area contributed by atoms with Gasteiger partial charge in [-0.1, -0.05) is 66.8 Å². The van der Waals surface area contributed by atoms with Crippen molar-refractivity contribution in [3.63, 3.8) is 0 Å². The number of nitrogens with two attached hydrogens (primary N) is 1. The first-order valence-electron chi connectivity index (χ1n) is 15.7. The summed E-state index contributed by atoms with van der Waals surface area (Å²) in [6, 6.07) is 3.63. The molecule has 10 N–H and O–H groups in total. The number of hydrogen-bond donors (Lipinski definition) is 9. The SMILES string of the molecule is CC(C)C[C@H](NC(=O)C(CCCCN)NC(=O)[C@H](C)NC(=O)CI)C(=O)NCC(=O)N[C@@H](Cc1ccccc1)C(=O)N[C@@H](C)C(=O)NO. The van der Waals surface area contributed by atoms with Crippen LogP contribution < -0.4 is 43.1 Å². The molecule has 268 valence electrons. The molecule has 0 fully saturated rings. The summed E-state index contributed by atoms with van der Waals surface area (Å²) in [5.74, 6) is -4.46. The summed E-state index contributed by atoms with van der Waals surface area (Å²) in [4.78, 5) is 88.7. The lowest BCUT2D eigenvalue weighted by Gasteiger charge is -2.25. The predicted octanol–water partition coefficient (Wildman–Crippen LogP) is -1.08. The molecule has 0 saturated heterocycles. The number of unbranched alkanes of at least 4 members (excludes halogenated alkanes) is 1. The van der Waals surface area contributed by atoms with Crippen molar-refractivity contribution in [2.75, 3.05) is 17.5 Å². The first-order valence-corrected chi connectivity index (χ1v) is 17.3. The van der Waals surface area contributed by atoms with Gasteiger partial charge < -0.3 is 37.6 Å². The van der Waals surface area contributed by atoms with Crippen molar-refractivity contribution >= 4 is 63.9 Å². The molecule has 5 atom stereocenters. The van der Waals surface area contributed by atoms with Crippen LogP contribution in [0.3, 0.4) is 0 Å². The maximum atomic E-state index is 13.4. The fourth-order valence-electron chi connectivity index (χ4n) is 4.45. The zero-order chi connectivity index (χ0) is 36.2. The monoisotopic (exact) mass is 788 g/mol. The van der Waals surface area contributed by atoms with Crippen LogP contribution in [0.2, 0.25) is 0 Å². The number of rotatable bonds is 21. The molecule has 0 bridgehead atoms. The van der Waals surface area contributed by atoms with E-state index in [1.165, 1.54) is 19.3 Å². The summed E-state index contributed by atoms with van der Waals surface area (Å²) in [6.07, 6.45) is 1.65. The van der Waals surface area contributed by atoms with Crippen molar-refractivity contribution < 1.29 is 38.8 Å². The van der Waals surface area contributed by atoms with Crippen LogP contribution in [0.4, 0.5) is 0 Å². The minimum Gasteiger partial charge on any atom is -0.345 e. The van der Waals surface area contributed by atoms with Gasteiger partial charge in [0.2, 0.25) is 35.4 Å². The van der Waals surface area contributed by atoms with Gasteiger partial charge in [0.05, 0.1) is 11.0 Å². The Morgan fingerprint density at radius 1 is 0.708 bits per heavy atom. The summed E-state index contributed by atoms with van der Waals surface area (Å²) in [7, 11) is 0. The number of hydroxylamine groups is 1. The van der Waals surface area contributed by atoms with Gasteiger partial charge >= 0.3 is 0 Å². The number of amides is 7. The van der Waals surface area contributed by atoms with Crippen molar-refractivity contribution in [2.45, 2.75) is 90.0 Å². The lowest BCUT2D eigenvalue weighted by atomic mass is 10.0. The van der Waals surface area contributed by atoms with Gasteiger partial charge in [-0.25, -0.2) is 5.48 Å². The van der Waals surface area contributed by atoms with Crippen LogP contribution in [0, 0.1) is 5.92 Å². The summed E-state index contributed by atoms with van der Waals surface area (Å²) in [5, 5.41) is 24.2. The molecule has 0 spiro atoms. The van der Waals surface area contributed by atoms with Gasteiger partial charge in [-0.2, -0.15) is 0 Å². The number of halogens is 1. The van der Waals surface area contributed by atoms with Crippen LogP contribution in [-0.4, -0.2) is 94.3 Å². The normalized spacial score (nSPS) is 13.9. The van der Waals surface area contributed by atoms with Gasteiger partial charge in [-0.05, 0) is 57.6 Å². The summed E-state index contributed by atoms with van der Waals surface area (Å²) in [5.41, 5.74) is 7.77. The van der Waals surface area contributed by atoms with Crippen molar-refractivity contribution in [2.24, 2.45) is 11.7 Å². The fourth-order valence-corrected chi connectivity index (χ4v) is 4.67. The van der Waals surface area contributed by atoms with E-state index in [2.05, 4.69) is 31.9 Å². The van der Waals surface area contributed by atoms with Gasteiger partial charge in [0.25, 0.3) is 5.91 Å². The van der Waals surface area contributed by atoms with Crippen LogP contribution in [0.1, 0.15) is 58.9 Å². The highest BCUT2D eigenvalue weighted by Gasteiger charge is 2.30. The van der Waals surface area contributed by atoms with Crippen LogP contribution in [-0.2, 0) is 40.0 Å². The third-order valence-electron chi connectivity index (χ3n) is 7.03. The Balaban J connectivity index is 2.99. The molecule has 16 nitrogen and oxygen atoms in total. The molecular weight excluding hydrogens is 739 g/mol. The van der Waals surface area contributed by atoms with E-state index in [1.54, 1.807) is 30.3 Å². The second kappa shape index (κ2) is 22.7. The molecule has 0 radical (unpaired) electrons. The quantitative estimate of drug-likeness (QED) is 0.0242. The zero-order valence-corrected chi connectivity index (χ0v) is 29.9. The Morgan fingerprint density at radius 2 is 1.31 bits per heavy atom. The van der Waals surface area contributed by atoms with Gasteiger partial charge in [0, 0.05) is 6.42 Å². The number of nitrogens with one attached hydrogen (secondary N) is 7. The molecule has 0 aromatic heterocycles. The Labute approximate surface area is 294 Å². The second-order valence-electron chi connectivity index (χ2n) is 11.7. The molecule has 0 saturated carbocycles. The summed E-state index contributed by atoms with van der Waals surface area (Å²) < 4.78 is 0.156. The van der Waals surface area contributed by atoms with E-state index in [-0.39, 0.29) is 35.5 Å². The van der Waals surface area contributed by atoms with Gasteiger partial charge in [-0.3, -0.25) is 38.8 Å². The first-order chi connectivity index (χ1) is 22.7. The molecular formula is C31H49IN8O8. The van der Waals surface area contributed by atoms with Crippen molar-refractivity contribution in [3.8, 4) is 0 Å². The Kier molecular flexibility index (Phi) is 19.9. The zero-order valence-electron chi connectivity index (χ0n) is 27.8. The van der Waals surface area contributed by atoms with Crippen molar-refractivity contribution in [1.82, 2.24) is 37.4 Å². The van der Waals surface area contributed by atoms with E-state index in [1.807, 2.05) is 36.4 Å². The summed E-state index contributed by atoms with van der Waals surface area (Å²) in [6.45, 7) is 6.40. The maximum Gasteiger partial charge on any atom is 0.265 e. The van der Waals surface area contributed by atoms with Crippen LogP contribution in [0.5, 0.6) is 0 Å².